The molecular formula is C28H26N2O5. The van der Waals surface area contributed by atoms with Crippen LogP contribution >= 0.6 is 0 Å². The lowest BCUT2D eigenvalue weighted by Crippen LogP contribution is -2.60. The number of amides is 2. The van der Waals surface area contributed by atoms with Gasteiger partial charge in [-0.2, -0.15) is 0 Å². The summed E-state index contributed by atoms with van der Waals surface area (Å²) in [5, 5.41) is 12.0. The molecule has 2 amide bonds. The number of rotatable bonds is 6. The van der Waals surface area contributed by atoms with E-state index in [1.807, 2.05) is 24.3 Å². The zero-order valence-electron chi connectivity index (χ0n) is 19.4. The van der Waals surface area contributed by atoms with E-state index in [9.17, 15) is 19.5 Å². The first-order valence-corrected chi connectivity index (χ1v) is 11.6. The molecule has 178 valence electrons. The van der Waals surface area contributed by atoms with Gasteiger partial charge in [0.15, 0.2) is 0 Å². The molecular weight excluding hydrogens is 444 g/mol. The molecule has 2 aliphatic rings. The molecule has 7 nitrogen and oxygen atoms in total. The monoisotopic (exact) mass is 470 g/mol. The van der Waals surface area contributed by atoms with E-state index in [4.69, 9.17) is 4.74 Å². The molecule has 1 saturated heterocycles. The van der Waals surface area contributed by atoms with Crippen molar-refractivity contribution in [1.29, 1.82) is 0 Å². The molecule has 35 heavy (non-hydrogen) atoms. The van der Waals surface area contributed by atoms with E-state index < -0.39 is 17.5 Å². The van der Waals surface area contributed by atoms with Crippen LogP contribution in [-0.2, 0) is 16.1 Å². The van der Waals surface area contributed by atoms with Crippen LogP contribution in [0, 0.1) is 5.41 Å². The number of benzene rings is 3. The molecule has 1 aliphatic carbocycles. The van der Waals surface area contributed by atoms with Crippen molar-refractivity contribution >= 4 is 18.0 Å². The lowest BCUT2D eigenvalue weighted by molar-refractivity contribution is -0.155. The zero-order chi connectivity index (χ0) is 24.6. The Kier molecular flexibility index (Phi) is 5.76. The van der Waals surface area contributed by atoms with Gasteiger partial charge in [0.2, 0.25) is 0 Å². The third-order valence-corrected chi connectivity index (χ3v) is 6.86. The number of ether oxygens (including phenoxy) is 1. The molecule has 0 spiro atoms. The summed E-state index contributed by atoms with van der Waals surface area (Å²) in [6.45, 7) is 2.56. The van der Waals surface area contributed by atoms with Crippen LogP contribution in [0.3, 0.4) is 0 Å². The van der Waals surface area contributed by atoms with Crippen molar-refractivity contribution < 1.29 is 24.2 Å². The number of fused-ring (bicyclic) bond motifs is 3. The molecule has 0 unspecified atom stereocenters. The van der Waals surface area contributed by atoms with Crippen molar-refractivity contribution in [3.63, 3.8) is 0 Å². The van der Waals surface area contributed by atoms with E-state index in [-0.39, 0.29) is 38.1 Å². The predicted octanol–water partition coefficient (Wildman–Crippen LogP) is 4.27. The Morgan fingerprint density at radius 2 is 1.51 bits per heavy atom. The molecule has 1 heterocycles. The van der Waals surface area contributed by atoms with Crippen LogP contribution in [0.1, 0.15) is 39.9 Å². The second kappa shape index (κ2) is 8.91. The van der Waals surface area contributed by atoms with Crippen molar-refractivity contribution in [2.75, 3.05) is 19.7 Å². The van der Waals surface area contributed by atoms with Gasteiger partial charge in [0.05, 0.1) is 0 Å². The van der Waals surface area contributed by atoms with E-state index in [1.165, 1.54) is 16.0 Å². The van der Waals surface area contributed by atoms with Gasteiger partial charge in [0, 0.05) is 31.1 Å². The fourth-order valence-electron chi connectivity index (χ4n) is 4.85. The van der Waals surface area contributed by atoms with E-state index >= 15 is 0 Å². The van der Waals surface area contributed by atoms with Gasteiger partial charge >= 0.3 is 12.1 Å². The number of carbonyl (C=O) groups is 3. The number of alkyl carbamates (subject to hydrolysis) is 1. The molecule has 2 N–H and O–H groups in total. The summed E-state index contributed by atoms with van der Waals surface area (Å²) in [5.74, 6) is -1.08. The summed E-state index contributed by atoms with van der Waals surface area (Å²) in [7, 11) is 0. The SMILES string of the molecule is CC1(C(=O)O)CN(C(=O)c2ccc(CNC(=O)OCC3c4ccccc4-c4ccccc43)cc2)C1. The van der Waals surface area contributed by atoms with E-state index in [0.717, 1.165) is 16.7 Å². The highest BCUT2D eigenvalue weighted by molar-refractivity contribution is 5.96. The minimum Gasteiger partial charge on any atom is -0.481 e. The van der Waals surface area contributed by atoms with Crippen molar-refractivity contribution in [1.82, 2.24) is 10.2 Å². The molecule has 0 saturated carbocycles. The first-order valence-electron chi connectivity index (χ1n) is 11.6. The normalized spacial score (nSPS) is 15.5. The van der Waals surface area contributed by atoms with Crippen molar-refractivity contribution in [2.24, 2.45) is 5.41 Å². The van der Waals surface area contributed by atoms with Gasteiger partial charge in [-0.15, -0.1) is 0 Å². The number of nitrogens with zero attached hydrogens (tertiary/aromatic N) is 1. The second-order valence-corrected chi connectivity index (χ2v) is 9.40. The van der Waals surface area contributed by atoms with Gasteiger partial charge in [0.1, 0.15) is 12.0 Å². The Balaban J connectivity index is 1.13. The summed E-state index contributed by atoms with van der Waals surface area (Å²) < 4.78 is 5.56. The third kappa shape index (κ3) is 4.25. The highest BCUT2D eigenvalue weighted by atomic mass is 16.5. The average Bonchev–Trinajstić information content (AvgIpc) is 3.17. The van der Waals surface area contributed by atoms with Crippen molar-refractivity contribution in [2.45, 2.75) is 19.4 Å². The Labute approximate surface area is 203 Å². The maximum Gasteiger partial charge on any atom is 0.407 e. The lowest BCUT2D eigenvalue weighted by Gasteiger charge is -2.44. The lowest BCUT2D eigenvalue weighted by atomic mass is 9.81. The second-order valence-electron chi connectivity index (χ2n) is 9.40. The van der Waals surface area contributed by atoms with E-state index in [2.05, 4.69) is 29.6 Å². The van der Waals surface area contributed by atoms with Crippen molar-refractivity contribution in [3.8, 4) is 11.1 Å². The Bertz CT molecular complexity index is 1250. The number of carbonyl (C=O) groups excluding carboxylic acids is 2. The van der Waals surface area contributed by atoms with Gasteiger partial charge in [-0.25, -0.2) is 4.79 Å². The zero-order valence-corrected chi connectivity index (χ0v) is 19.4. The highest BCUT2D eigenvalue weighted by Gasteiger charge is 2.47. The largest absolute Gasteiger partial charge is 0.481 e. The Hall–Kier alpha value is -4.13. The van der Waals surface area contributed by atoms with Gasteiger partial charge < -0.3 is 20.1 Å². The van der Waals surface area contributed by atoms with Gasteiger partial charge in [-0.1, -0.05) is 60.7 Å². The molecule has 0 radical (unpaired) electrons. The van der Waals surface area contributed by atoms with E-state index in [0.29, 0.717) is 5.56 Å². The molecule has 1 aliphatic heterocycles. The van der Waals surface area contributed by atoms with Crippen molar-refractivity contribution in [3.05, 3.63) is 95.1 Å². The molecule has 7 heteroatoms. The fraction of sp³-hybridized carbons (Fsp3) is 0.250. The van der Waals surface area contributed by atoms with Crippen LogP contribution in [0.4, 0.5) is 4.79 Å². The number of hydrogen-bond donors (Lipinski definition) is 2. The minimum atomic E-state index is -0.892. The fourth-order valence-corrected chi connectivity index (χ4v) is 4.85. The predicted molar refractivity (Wildman–Crippen MR) is 130 cm³/mol. The molecule has 0 atom stereocenters. The topological polar surface area (TPSA) is 95.9 Å². The number of nitrogens with one attached hydrogen (secondary N) is 1. The maximum absolute atomic E-state index is 12.5. The summed E-state index contributed by atoms with van der Waals surface area (Å²) >= 11 is 0. The van der Waals surface area contributed by atoms with Crippen LogP contribution in [-0.4, -0.2) is 47.7 Å². The smallest absolute Gasteiger partial charge is 0.407 e. The first kappa shape index (κ1) is 22.7. The minimum absolute atomic E-state index is 0.00272. The summed E-state index contributed by atoms with van der Waals surface area (Å²) in [4.78, 5) is 37.7. The molecule has 3 aromatic carbocycles. The Morgan fingerprint density at radius 3 is 2.09 bits per heavy atom. The molecule has 1 fully saturated rings. The van der Waals surface area contributed by atoms with Gasteiger partial charge in [-0.05, 0) is 46.9 Å². The third-order valence-electron chi connectivity index (χ3n) is 6.86. The van der Waals surface area contributed by atoms with Crippen LogP contribution in [0.5, 0.6) is 0 Å². The molecule has 3 aromatic rings. The number of aliphatic carboxylic acids is 1. The van der Waals surface area contributed by atoms with Crippen LogP contribution in [0.25, 0.3) is 11.1 Å². The highest BCUT2D eigenvalue weighted by Crippen LogP contribution is 2.44. The van der Waals surface area contributed by atoms with Gasteiger partial charge in [-0.3, -0.25) is 9.59 Å². The summed E-state index contributed by atoms with van der Waals surface area (Å²) in [5.41, 5.74) is 5.12. The number of carboxylic acids is 1. The van der Waals surface area contributed by atoms with Gasteiger partial charge in [0.25, 0.3) is 5.91 Å². The van der Waals surface area contributed by atoms with E-state index in [1.54, 1.807) is 31.2 Å². The van der Waals surface area contributed by atoms with Crippen LogP contribution < -0.4 is 5.32 Å². The number of carboxylic acid groups (broad SMARTS) is 1. The standard InChI is InChI=1S/C28H26N2O5/c1-28(26(32)33)16-30(17-28)25(31)19-12-10-18(11-13-19)14-29-27(34)35-15-24-22-8-4-2-6-20(22)21-7-3-5-9-23(21)24/h2-13,24H,14-17H2,1H3,(H,29,34)(H,32,33). The number of hydrogen-bond acceptors (Lipinski definition) is 4. The molecule has 0 bridgehead atoms. The van der Waals surface area contributed by atoms with Crippen LogP contribution in [0.15, 0.2) is 72.8 Å². The molecule has 0 aromatic heterocycles. The molecule has 5 rings (SSSR count). The average molecular weight is 471 g/mol. The van der Waals surface area contributed by atoms with Crippen LogP contribution in [0.2, 0.25) is 0 Å². The first-order chi connectivity index (χ1) is 16.9. The Morgan fingerprint density at radius 1 is 0.943 bits per heavy atom. The quantitative estimate of drug-likeness (QED) is 0.561. The summed E-state index contributed by atoms with van der Waals surface area (Å²) in [6, 6.07) is 23.3. The maximum atomic E-state index is 12.5. The number of likely N-dealkylation sites (tertiary alicyclic amines) is 1. The summed E-state index contributed by atoms with van der Waals surface area (Å²) in [6.07, 6.45) is -0.499.